The zero-order valence-electron chi connectivity index (χ0n) is 16.3. The number of para-hydroxylation sites is 1. The average molecular weight is 403 g/mol. The Kier molecular flexibility index (Phi) is 4.50. The van der Waals surface area contributed by atoms with Crippen molar-refractivity contribution in [1.82, 2.24) is 15.2 Å². The second kappa shape index (κ2) is 7.33. The van der Waals surface area contributed by atoms with E-state index in [0.717, 1.165) is 16.5 Å². The molecule has 2 aliphatic heterocycles. The standard InChI is InChI=1S/C23H21N3O4/c27-20-10-9-19(26(20)22-16-6-1-2-7-17(16)23(29)30-22)21(28)24-12-11-14-13-25-18-8-4-3-5-15(14)18/h1-8,13,19,22,25H,9-12H2,(H,24,28)/t19-,22-/m0/s1. The van der Waals surface area contributed by atoms with Gasteiger partial charge in [0.05, 0.1) is 5.56 Å². The molecule has 0 radical (unpaired) electrons. The molecule has 2 aromatic carbocycles. The topological polar surface area (TPSA) is 91.5 Å². The van der Waals surface area contributed by atoms with E-state index in [1.165, 1.54) is 4.90 Å². The second-order valence-corrected chi connectivity index (χ2v) is 7.60. The summed E-state index contributed by atoms with van der Waals surface area (Å²) < 4.78 is 5.46. The normalized spacial score (nSPS) is 20.5. The lowest BCUT2D eigenvalue weighted by molar-refractivity contribution is -0.145. The van der Waals surface area contributed by atoms with Crippen LogP contribution in [0.5, 0.6) is 0 Å². The first-order chi connectivity index (χ1) is 14.6. The molecule has 2 N–H and O–H groups in total. The fourth-order valence-corrected chi connectivity index (χ4v) is 4.36. The lowest BCUT2D eigenvalue weighted by Crippen LogP contribution is -2.46. The largest absolute Gasteiger partial charge is 0.433 e. The predicted octanol–water partition coefficient (Wildman–Crippen LogP) is 2.69. The summed E-state index contributed by atoms with van der Waals surface area (Å²) in [6, 6.07) is 14.4. The monoisotopic (exact) mass is 403 g/mol. The van der Waals surface area contributed by atoms with Crippen LogP contribution in [0.25, 0.3) is 10.9 Å². The highest BCUT2D eigenvalue weighted by Crippen LogP contribution is 2.38. The number of fused-ring (bicyclic) bond motifs is 2. The van der Waals surface area contributed by atoms with Crippen molar-refractivity contribution in [2.45, 2.75) is 31.5 Å². The molecule has 1 fully saturated rings. The summed E-state index contributed by atoms with van der Waals surface area (Å²) in [5, 5.41) is 4.09. The highest BCUT2D eigenvalue weighted by molar-refractivity contribution is 5.96. The summed E-state index contributed by atoms with van der Waals surface area (Å²) in [7, 11) is 0. The zero-order valence-corrected chi connectivity index (χ0v) is 16.3. The van der Waals surface area contributed by atoms with Crippen LogP contribution in [0.1, 0.15) is 40.6 Å². The molecule has 0 unspecified atom stereocenters. The third-order valence-electron chi connectivity index (χ3n) is 5.84. The molecule has 2 amide bonds. The highest BCUT2D eigenvalue weighted by Gasteiger charge is 2.46. The summed E-state index contributed by atoms with van der Waals surface area (Å²) in [6.07, 6.45) is 2.47. The van der Waals surface area contributed by atoms with E-state index in [4.69, 9.17) is 4.74 Å². The van der Waals surface area contributed by atoms with Crippen LogP contribution < -0.4 is 5.32 Å². The van der Waals surface area contributed by atoms with Crippen LogP contribution >= 0.6 is 0 Å². The van der Waals surface area contributed by atoms with Gasteiger partial charge in [0, 0.05) is 35.6 Å². The SMILES string of the molecule is O=C1O[C@H](N2C(=O)CC[C@H]2C(=O)NCCc2c[nH]c3ccccc23)c2ccccc21. The van der Waals surface area contributed by atoms with Gasteiger partial charge >= 0.3 is 5.97 Å². The lowest BCUT2D eigenvalue weighted by Gasteiger charge is -2.29. The van der Waals surface area contributed by atoms with Crippen molar-refractivity contribution in [2.24, 2.45) is 0 Å². The van der Waals surface area contributed by atoms with Crippen LogP contribution in [0.15, 0.2) is 54.7 Å². The first kappa shape index (κ1) is 18.4. The molecule has 2 aliphatic rings. The van der Waals surface area contributed by atoms with E-state index in [2.05, 4.69) is 10.3 Å². The van der Waals surface area contributed by atoms with Gasteiger partial charge in [-0.15, -0.1) is 0 Å². The third kappa shape index (κ3) is 3.03. The molecular formula is C23H21N3O4. The van der Waals surface area contributed by atoms with Crippen molar-refractivity contribution in [3.8, 4) is 0 Å². The van der Waals surface area contributed by atoms with E-state index in [1.807, 2.05) is 30.5 Å². The number of carbonyl (C=O) groups excluding carboxylic acids is 3. The molecule has 7 nitrogen and oxygen atoms in total. The molecule has 0 bridgehead atoms. The molecule has 0 saturated carbocycles. The van der Waals surface area contributed by atoms with Gasteiger partial charge in [0.2, 0.25) is 18.0 Å². The number of ether oxygens (including phenoxy) is 1. The van der Waals surface area contributed by atoms with E-state index < -0.39 is 18.2 Å². The van der Waals surface area contributed by atoms with Gasteiger partial charge in [-0.25, -0.2) is 4.79 Å². The number of likely N-dealkylation sites (tertiary alicyclic amines) is 1. The Morgan fingerprint density at radius 1 is 1.13 bits per heavy atom. The van der Waals surface area contributed by atoms with Gasteiger partial charge in [0.15, 0.2) is 0 Å². The first-order valence-electron chi connectivity index (χ1n) is 10.1. The van der Waals surface area contributed by atoms with Crippen molar-refractivity contribution in [3.05, 3.63) is 71.4 Å². The van der Waals surface area contributed by atoms with Gasteiger partial charge in [-0.3, -0.25) is 14.5 Å². The molecule has 0 spiro atoms. The summed E-state index contributed by atoms with van der Waals surface area (Å²) in [6.45, 7) is 0.459. The Balaban J connectivity index is 1.28. The number of aromatic nitrogens is 1. The van der Waals surface area contributed by atoms with Crippen LogP contribution in [0.4, 0.5) is 0 Å². The van der Waals surface area contributed by atoms with Crippen molar-refractivity contribution in [2.75, 3.05) is 6.54 Å². The summed E-state index contributed by atoms with van der Waals surface area (Å²) in [4.78, 5) is 42.3. The minimum atomic E-state index is -0.840. The van der Waals surface area contributed by atoms with Gasteiger partial charge < -0.3 is 15.0 Å². The lowest BCUT2D eigenvalue weighted by atomic mass is 10.1. The number of carbonyl (C=O) groups is 3. The number of aromatic amines is 1. The van der Waals surface area contributed by atoms with Gasteiger partial charge in [-0.1, -0.05) is 36.4 Å². The number of cyclic esters (lactones) is 1. The Hall–Kier alpha value is -3.61. The quantitative estimate of drug-likeness (QED) is 0.641. The van der Waals surface area contributed by atoms with E-state index in [-0.39, 0.29) is 18.2 Å². The Labute approximate surface area is 173 Å². The van der Waals surface area contributed by atoms with E-state index >= 15 is 0 Å². The molecule has 3 aromatic rings. The number of nitrogens with zero attached hydrogens (tertiary/aromatic N) is 1. The molecule has 30 heavy (non-hydrogen) atoms. The fraction of sp³-hybridized carbons (Fsp3) is 0.261. The van der Waals surface area contributed by atoms with Gasteiger partial charge in [0.25, 0.3) is 0 Å². The maximum Gasteiger partial charge on any atom is 0.340 e. The molecular weight excluding hydrogens is 382 g/mol. The van der Waals surface area contributed by atoms with E-state index in [9.17, 15) is 14.4 Å². The number of hydrogen-bond donors (Lipinski definition) is 2. The molecule has 0 aliphatic carbocycles. The number of amides is 2. The van der Waals surface area contributed by atoms with Crippen molar-refractivity contribution >= 4 is 28.7 Å². The van der Waals surface area contributed by atoms with Crippen LogP contribution in [-0.2, 0) is 20.7 Å². The summed E-state index contributed by atoms with van der Waals surface area (Å²) in [5.74, 6) is -0.865. The van der Waals surface area contributed by atoms with Crippen molar-refractivity contribution in [1.29, 1.82) is 0 Å². The molecule has 1 saturated heterocycles. The third-order valence-corrected chi connectivity index (χ3v) is 5.84. The molecule has 7 heteroatoms. The van der Waals surface area contributed by atoms with Gasteiger partial charge in [-0.2, -0.15) is 0 Å². The molecule has 3 heterocycles. The van der Waals surface area contributed by atoms with Crippen LogP contribution in [0.3, 0.4) is 0 Å². The van der Waals surface area contributed by atoms with Gasteiger partial charge in [0.1, 0.15) is 6.04 Å². The summed E-state index contributed by atoms with van der Waals surface area (Å²) in [5.41, 5.74) is 3.27. The van der Waals surface area contributed by atoms with Crippen LogP contribution in [0.2, 0.25) is 0 Å². The number of esters is 1. The molecule has 1 aromatic heterocycles. The highest BCUT2D eigenvalue weighted by atomic mass is 16.6. The van der Waals surface area contributed by atoms with Crippen LogP contribution in [0, 0.1) is 0 Å². The minimum absolute atomic E-state index is 0.179. The number of H-pyrrole nitrogens is 1. The van der Waals surface area contributed by atoms with E-state index in [0.29, 0.717) is 30.5 Å². The minimum Gasteiger partial charge on any atom is -0.433 e. The smallest absolute Gasteiger partial charge is 0.340 e. The number of rotatable bonds is 5. The Morgan fingerprint density at radius 2 is 1.93 bits per heavy atom. The maximum atomic E-state index is 12.9. The van der Waals surface area contributed by atoms with Gasteiger partial charge in [-0.05, 0) is 30.5 Å². The first-order valence-corrected chi connectivity index (χ1v) is 10.1. The number of benzene rings is 2. The second-order valence-electron chi connectivity index (χ2n) is 7.60. The van der Waals surface area contributed by atoms with E-state index in [1.54, 1.807) is 24.3 Å². The Morgan fingerprint density at radius 3 is 2.83 bits per heavy atom. The number of nitrogens with one attached hydrogen (secondary N) is 2. The van der Waals surface area contributed by atoms with Crippen LogP contribution in [-0.4, -0.2) is 40.3 Å². The number of hydrogen-bond acceptors (Lipinski definition) is 4. The average Bonchev–Trinajstić information content (AvgIpc) is 3.44. The fourth-order valence-electron chi connectivity index (χ4n) is 4.36. The molecule has 152 valence electrons. The molecule has 5 rings (SSSR count). The van der Waals surface area contributed by atoms with Crippen molar-refractivity contribution < 1.29 is 19.1 Å². The zero-order chi connectivity index (χ0) is 20.7. The van der Waals surface area contributed by atoms with Crippen molar-refractivity contribution in [3.63, 3.8) is 0 Å². The molecule has 2 atom stereocenters. The summed E-state index contributed by atoms with van der Waals surface area (Å²) >= 11 is 0. The predicted molar refractivity (Wildman–Crippen MR) is 109 cm³/mol. The maximum absolute atomic E-state index is 12.9. The Bertz CT molecular complexity index is 1150.